The van der Waals surface area contributed by atoms with Gasteiger partial charge in [0.1, 0.15) is 17.4 Å². The van der Waals surface area contributed by atoms with Crippen LogP contribution in [0.15, 0.2) is 71.3 Å². The molecule has 0 radical (unpaired) electrons. The number of fused-ring (bicyclic) bond motifs is 1. The van der Waals surface area contributed by atoms with Crippen molar-refractivity contribution in [2.75, 3.05) is 5.32 Å². The molecule has 0 saturated carbocycles. The maximum Gasteiger partial charge on any atom is 0.162 e. The molecule has 24 heavy (non-hydrogen) atoms. The van der Waals surface area contributed by atoms with Crippen LogP contribution in [-0.2, 0) is 6.54 Å². The summed E-state index contributed by atoms with van der Waals surface area (Å²) in [6, 6.07) is 17.7. The number of halogens is 1. The Labute approximate surface area is 138 Å². The van der Waals surface area contributed by atoms with Crippen molar-refractivity contribution < 1.29 is 8.81 Å². The minimum absolute atomic E-state index is 0.282. The van der Waals surface area contributed by atoms with Crippen molar-refractivity contribution in [3.63, 3.8) is 0 Å². The fraction of sp³-hybridized carbons (Fsp3) is 0.0526. The molecule has 4 nitrogen and oxygen atoms in total. The number of hydrogen-bond acceptors (Lipinski definition) is 4. The third-order valence-corrected chi connectivity index (χ3v) is 3.72. The standard InChI is InChI=1S/C19H14FN3O/c20-14-9-7-13(8-10-14)18-22-17-6-2-1-5-16(17)19(23-18)21-12-15-4-3-11-24-15/h1-11H,12H2,(H,21,22,23). The van der Waals surface area contributed by atoms with Crippen LogP contribution < -0.4 is 5.32 Å². The number of benzene rings is 2. The zero-order valence-corrected chi connectivity index (χ0v) is 12.7. The van der Waals surface area contributed by atoms with E-state index in [-0.39, 0.29) is 5.82 Å². The first kappa shape index (κ1) is 14.4. The van der Waals surface area contributed by atoms with Crippen LogP contribution in [0.3, 0.4) is 0 Å². The SMILES string of the molecule is Fc1ccc(-c2nc(NCc3ccco3)c3ccccc3n2)cc1. The molecule has 118 valence electrons. The summed E-state index contributed by atoms with van der Waals surface area (Å²) in [6.07, 6.45) is 1.64. The number of para-hydroxylation sites is 1. The van der Waals surface area contributed by atoms with E-state index in [1.807, 2.05) is 36.4 Å². The number of nitrogens with one attached hydrogen (secondary N) is 1. The van der Waals surface area contributed by atoms with Gasteiger partial charge in [-0.1, -0.05) is 12.1 Å². The third-order valence-electron chi connectivity index (χ3n) is 3.72. The van der Waals surface area contributed by atoms with Gasteiger partial charge in [-0.2, -0.15) is 0 Å². The van der Waals surface area contributed by atoms with Crippen LogP contribution in [0.1, 0.15) is 5.76 Å². The van der Waals surface area contributed by atoms with E-state index in [1.54, 1.807) is 18.4 Å². The second kappa shape index (κ2) is 6.12. The van der Waals surface area contributed by atoms with Crippen molar-refractivity contribution in [2.45, 2.75) is 6.54 Å². The van der Waals surface area contributed by atoms with Gasteiger partial charge < -0.3 is 9.73 Å². The Morgan fingerprint density at radius 3 is 2.54 bits per heavy atom. The van der Waals surface area contributed by atoms with Crippen LogP contribution in [0.2, 0.25) is 0 Å². The zero-order valence-electron chi connectivity index (χ0n) is 12.7. The monoisotopic (exact) mass is 319 g/mol. The van der Waals surface area contributed by atoms with Crippen LogP contribution >= 0.6 is 0 Å². The van der Waals surface area contributed by atoms with Gasteiger partial charge in [-0.3, -0.25) is 0 Å². The van der Waals surface area contributed by atoms with Gasteiger partial charge in [0.15, 0.2) is 5.82 Å². The second-order valence-electron chi connectivity index (χ2n) is 5.35. The smallest absolute Gasteiger partial charge is 0.162 e. The molecule has 0 fully saturated rings. The van der Waals surface area contributed by atoms with Crippen LogP contribution in [-0.4, -0.2) is 9.97 Å². The van der Waals surface area contributed by atoms with Crippen molar-refractivity contribution in [3.05, 3.63) is 78.5 Å². The Kier molecular flexibility index (Phi) is 3.67. The van der Waals surface area contributed by atoms with Gasteiger partial charge >= 0.3 is 0 Å². The molecule has 0 atom stereocenters. The molecule has 0 spiro atoms. The maximum atomic E-state index is 13.1. The molecule has 5 heteroatoms. The average molecular weight is 319 g/mol. The van der Waals surface area contributed by atoms with E-state index in [0.717, 1.165) is 28.0 Å². The summed E-state index contributed by atoms with van der Waals surface area (Å²) in [4.78, 5) is 9.20. The lowest BCUT2D eigenvalue weighted by Gasteiger charge is -2.10. The minimum Gasteiger partial charge on any atom is -0.467 e. The molecule has 0 aliphatic carbocycles. The number of nitrogens with zero attached hydrogens (tertiary/aromatic N) is 2. The molecule has 2 heterocycles. The molecule has 0 bridgehead atoms. The summed E-state index contributed by atoms with van der Waals surface area (Å²) < 4.78 is 18.5. The van der Waals surface area contributed by atoms with E-state index in [0.29, 0.717) is 12.4 Å². The van der Waals surface area contributed by atoms with Gasteiger partial charge in [0.25, 0.3) is 0 Å². The molecule has 0 unspecified atom stereocenters. The van der Waals surface area contributed by atoms with Gasteiger partial charge in [-0.05, 0) is 48.5 Å². The lowest BCUT2D eigenvalue weighted by Crippen LogP contribution is -2.03. The van der Waals surface area contributed by atoms with Crippen molar-refractivity contribution >= 4 is 16.7 Å². The van der Waals surface area contributed by atoms with Gasteiger partial charge in [-0.15, -0.1) is 0 Å². The summed E-state index contributed by atoms with van der Waals surface area (Å²) in [6.45, 7) is 0.525. The fourth-order valence-corrected chi connectivity index (χ4v) is 2.52. The first-order valence-corrected chi connectivity index (χ1v) is 7.58. The van der Waals surface area contributed by atoms with Crippen LogP contribution in [0.5, 0.6) is 0 Å². The average Bonchev–Trinajstić information content (AvgIpc) is 3.13. The predicted octanol–water partition coefficient (Wildman–Crippen LogP) is 4.64. The Morgan fingerprint density at radius 1 is 0.917 bits per heavy atom. The van der Waals surface area contributed by atoms with Crippen molar-refractivity contribution in [1.82, 2.24) is 9.97 Å². The normalized spacial score (nSPS) is 10.9. The van der Waals surface area contributed by atoms with E-state index in [1.165, 1.54) is 12.1 Å². The number of furan rings is 1. The molecule has 0 amide bonds. The van der Waals surface area contributed by atoms with Crippen molar-refractivity contribution in [1.29, 1.82) is 0 Å². The first-order chi connectivity index (χ1) is 11.8. The Morgan fingerprint density at radius 2 is 1.75 bits per heavy atom. The highest BCUT2D eigenvalue weighted by Gasteiger charge is 2.09. The van der Waals surface area contributed by atoms with Crippen LogP contribution in [0.25, 0.3) is 22.3 Å². The Bertz CT molecular complexity index is 966. The van der Waals surface area contributed by atoms with Crippen LogP contribution in [0, 0.1) is 5.82 Å². The molecular weight excluding hydrogens is 305 g/mol. The van der Waals surface area contributed by atoms with Gasteiger partial charge in [-0.25, -0.2) is 14.4 Å². The molecule has 4 rings (SSSR count). The maximum absolute atomic E-state index is 13.1. The molecule has 1 N–H and O–H groups in total. The second-order valence-corrected chi connectivity index (χ2v) is 5.35. The van der Waals surface area contributed by atoms with Gasteiger partial charge in [0, 0.05) is 10.9 Å². The predicted molar refractivity (Wildman–Crippen MR) is 91.0 cm³/mol. The molecule has 2 aromatic heterocycles. The summed E-state index contributed by atoms with van der Waals surface area (Å²) in [5.74, 6) is 1.81. The molecule has 0 aliphatic heterocycles. The number of rotatable bonds is 4. The zero-order chi connectivity index (χ0) is 16.4. The summed E-state index contributed by atoms with van der Waals surface area (Å²) in [7, 11) is 0. The lowest BCUT2D eigenvalue weighted by atomic mass is 10.2. The summed E-state index contributed by atoms with van der Waals surface area (Å²) >= 11 is 0. The summed E-state index contributed by atoms with van der Waals surface area (Å²) in [5, 5.41) is 4.22. The van der Waals surface area contributed by atoms with Gasteiger partial charge in [0.05, 0.1) is 18.3 Å². The van der Waals surface area contributed by atoms with E-state index < -0.39 is 0 Å². The minimum atomic E-state index is -0.282. The number of hydrogen-bond donors (Lipinski definition) is 1. The molecule has 2 aromatic carbocycles. The van der Waals surface area contributed by atoms with E-state index >= 15 is 0 Å². The Balaban J connectivity index is 1.76. The topological polar surface area (TPSA) is 51.0 Å². The van der Waals surface area contributed by atoms with Crippen molar-refractivity contribution in [2.24, 2.45) is 0 Å². The van der Waals surface area contributed by atoms with E-state index in [4.69, 9.17) is 4.42 Å². The van der Waals surface area contributed by atoms with Crippen LogP contribution in [0.4, 0.5) is 10.2 Å². The van der Waals surface area contributed by atoms with E-state index in [9.17, 15) is 4.39 Å². The number of anilines is 1. The molecule has 4 aromatic rings. The summed E-state index contributed by atoms with van der Waals surface area (Å²) in [5.41, 5.74) is 1.59. The highest BCUT2D eigenvalue weighted by molar-refractivity contribution is 5.90. The first-order valence-electron chi connectivity index (χ1n) is 7.58. The molecule has 0 saturated heterocycles. The van der Waals surface area contributed by atoms with Gasteiger partial charge in [0.2, 0.25) is 0 Å². The lowest BCUT2D eigenvalue weighted by molar-refractivity contribution is 0.518. The quantitative estimate of drug-likeness (QED) is 0.595. The molecular formula is C19H14FN3O. The Hall–Kier alpha value is -3.21. The van der Waals surface area contributed by atoms with Crippen molar-refractivity contribution in [3.8, 4) is 11.4 Å². The number of aromatic nitrogens is 2. The highest BCUT2D eigenvalue weighted by Crippen LogP contribution is 2.25. The van der Waals surface area contributed by atoms with E-state index in [2.05, 4.69) is 15.3 Å². The third kappa shape index (κ3) is 2.84. The highest BCUT2D eigenvalue weighted by atomic mass is 19.1. The largest absolute Gasteiger partial charge is 0.467 e. The fourth-order valence-electron chi connectivity index (χ4n) is 2.52. The molecule has 0 aliphatic rings.